The molecule has 0 bridgehead atoms. The van der Waals surface area contributed by atoms with E-state index in [1.54, 1.807) is 23.8 Å². The van der Waals surface area contributed by atoms with E-state index in [0.29, 0.717) is 11.3 Å². The summed E-state index contributed by atoms with van der Waals surface area (Å²) in [4.78, 5) is 24.2. The molecule has 1 aromatic carbocycles. The van der Waals surface area contributed by atoms with Crippen molar-refractivity contribution < 1.29 is 14.0 Å². The Labute approximate surface area is 150 Å². The number of anilines is 2. The number of carbonyl (C=O) groups excluding carboxylic acids is 2. The second-order valence-corrected chi connectivity index (χ2v) is 7.55. The zero-order valence-electron chi connectivity index (χ0n) is 14.6. The molecule has 2 amide bonds. The van der Waals surface area contributed by atoms with Crippen molar-refractivity contribution in [1.82, 2.24) is 5.32 Å². The van der Waals surface area contributed by atoms with Gasteiger partial charge in [0.1, 0.15) is 11.9 Å². The maximum atomic E-state index is 14.0. The predicted octanol–water partition coefficient (Wildman–Crippen LogP) is 3.85. The molecule has 1 atom stereocenters. The zero-order valence-corrected chi connectivity index (χ0v) is 15.5. The highest BCUT2D eigenvalue weighted by molar-refractivity contribution is 7.08. The van der Waals surface area contributed by atoms with Gasteiger partial charge in [0.25, 0.3) is 5.91 Å². The molecule has 0 aliphatic heterocycles. The molecule has 5 nitrogen and oxygen atoms in total. The summed E-state index contributed by atoms with van der Waals surface area (Å²) in [6, 6.07) is 5.40. The molecule has 0 saturated carbocycles. The average Bonchev–Trinajstić information content (AvgIpc) is 3.03. The molecule has 0 aliphatic rings. The standard InChI is InChI=1S/C18H22FN3O2S/c1-11(16(23)22-18(2,3)4)20-13-5-6-14(19)15(9-13)21-17(24)12-7-8-25-10-12/h5-11,20H,1-4H3,(H,21,24)(H,22,23)/t11-/m1/s1. The van der Waals surface area contributed by atoms with E-state index in [1.165, 1.54) is 29.5 Å². The average molecular weight is 363 g/mol. The van der Waals surface area contributed by atoms with E-state index in [0.717, 1.165) is 0 Å². The molecule has 25 heavy (non-hydrogen) atoms. The number of hydrogen-bond acceptors (Lipinski definition) is 4. The van der Waals surface area contributed by atoms with Crippen molar-refractivity contribution in [2.75, 3.05) is 10.6 Å². The van der Waals surface area contributed by atoms with Crippen LogP contribution in [0.1, 0.15) is 38.1 Å². The van der Waals surface area contributed by atoms with Crippen LogP contribution in [0, 0.1) is 5.82 Å². The summed E-state index contributed by atoms with van der Waals surface area (Å²) in [5.74, 6) is -1.09. The molecule has 0 aliphatic carbocycles. The van der Waals surface area contributed by atoms with Crippen molar-refractivity contribution in [3.05, 3.63) is 46.4 Å². The third kappa shape index (κ3) is 5.56. The number of amides is 2. The van der Waals surface area contributed by atoms with Crippen LogP contribution >= 0.6 is 11.3 Å². The van der Waals surface area contributed by atoms with Crippen LogP contribution in [-0.4, -0.2) is 23.4 Å². The summed E-state index contributed by atoms with van der Waals surface area (Å²) in [6.45, 7) is 7.41. The highest BCUT2D eigenvalue weighted by atomic mass is 32.1. The number of thiophene rings is 1. The van der Waals surface area contributed by atoms with Crippen LogP contribution in [0.25, 0.3) is 0 Å². The van der Waals surface area contributed by atoms with Gasteiger partial charge in [0.2, 0.25) is 5.91 Å². The Kier molecular flexibility index (Phi) is 5.79. The molecule has 0 unspecified atom stereocenters. The molecule has 7 heteroatoms. The Balaban J connectivity index is 2.08. The Morgan fingerprint density at radius 1 is 1.20 bits per heavy atom. The van der Waals surface area contributed by atoms with Gasteiger partial charge in [-0.25, -0.2) is 4.39 Å². The van der Waals surface area contributed by atoms with Gasteiger partial charge >= 0.3 is 0 Å². The number of carbonyl (C=O) groups is 2. The first-order valence-electron chi connectivity index (χ1n) is 7.87. The summed E-state index contributed by atoms with van der Waals surface area (Å²) in [5.41, 5.74) is 0.735. The molecule has 0 radical (unpaired) electrons. The van der Waals surface area contributed by atoms with Gasteiger partial charge in [0, 0.05) is 16.6 Å². The highest BCUT2D eigenvalue weighted by Gasteiger charge is 2.19. The van der Waals surface area contributed by atoms with E-state index in [2.05, 4.69) is 16.0 Å². The Morgan fingerprint density at radius 3 is 2.52 bits per heavy atom. The first-order chi connectivity index (χ1) is 11.7. The fourth-order valence-electron chi connectivity index (χ4n) is 2.09. The molecule has 0 saturated heterocycles. The van der Waals surface area contributed by atoms with Crippen molar-refractivity contribution in [3.8, 4) is 0 Å². The lowest BCUT2D eigenvalue weighted by Gasteiger charge is -2.24. The Bertz CT molecular complexity index is 754. The van der Waals surface area contributed by atoms with E-state index in [1.807, 2.05) is 20.8 Å². The second-order valence-electron chi connectivity index (χ2n) is 6.77. The van der Waals surface area contributed by atoms with Gasteiger partial charge in [-0.15, -0.1) is 0 Å². The highest BCUT2D eigenvalue weighted by Crippen LogP contribution is 2.21. The monoisotopic (exact) mass is 363 g/mol. The van der Waals surface area contributed by atoms with E-state index < -0.39 is 11.9 Å². The van der Waals surface area contributed by atoms with Gasteiger partial charge < -0.3 is 16.0 Å². The SMILES string of the molecule is C[C@@H](Nc1ccc(F)c(NC(=O)c2ccsc2)c1)C(=O)NC(C)(C)C. The molecule has 0 spiro atoms. The third-order valence-electron chi connectivity index (χ3n) is 3.27. The van der Waals surface area contributed by atoms with Gasteiger partial charge in [-0.1, -0.05) is 0 Å². The molecule has 2 aromatic rings. The fraction of sp³-hybridized carbons (Fsp3) is 0.333. The lowest BCUT2D eigenvalue weighted by Crippen LogP contribution is -2.47. The van der Waals surface area contributed by atoms with Crippen LogP contribution in [0.15, 0.2) is 35.0 Å². The van der Waals surface area contributed by atoms with Crippen LogP contribution in [0.3, 0.4) is 0 Å². The first kappa shape index (κ1) is 18.9. The molecule has 1 heterocycles. The molecular weight excluding hydrogens is 341 g/mol. The predicted molar refractivity (Wildman–Crippen MR) is 99.7 cm³/mol. The van der Waals surface area contributed by atoms with Crippen molar-refractivity contribution in [2.45, 2.75) is 39.3 Å². The fourth-order valence-corrected chi connectivity index (χ4v) is 2.73. The Hall–Kier alpha value is -2.41. The quantitative estimate of drug-likeness (QED) is 0.756. The van der Waals surface area contributed by atoms with Crippen molar-refractivity contribution in [3.63, 3.8) is 0 Å². The molecule has 2 rings (SSSR count). The van der Waals surface area contributed by atoms with E-state index in [4.69, 9.17) is 0 Å². The maximum Gasteiger partial charge on any atom is 0.256 e. The van der Waals surface area contributed by atoms with E-state index in [-0.39, 0.29) is 23.0 Å². The Morgan fingerprint density at radius 2 is 1.92 bits per heavy atom. The van der Waals surface area contributed by atoms with Crippen molar-refractivity contribution in [1.29, 1.82) is 0 Å². The van der Waals surface area contributed by atoms with Crippen LogP contribution in [0.5, 0.6) is 0 Å². The normalized spacial score (nSPS) is 12.4. The zero-order chi connectivity index (χ0) is 18.6. The summed E-state index contributed by atoms with van der Waals surface area (Å²) >= 11 is 1.39. The van der Waals surface area contributed by atoms with Gasteiger partial charge in [0.05, 0.1) is 11.3 Å². The summed E-state index contributed by atoms with van der Waals surface area (Å²) < 4.78 is 14.0. The lowest BCUT2D eigenvalue weighted by atomic mass is 10.1. The number of hydrogen-bond donors (Lipinski definition) is 3. The van der Waals surface area contributed by atoms with Crippen LogP contribution in [-0.2, 0) is 4.79 Å². The maximum absolute atomic E-state index is 14.0. The van der Waals surface area contributed by atoms with Crippen molar-refractivity contribution in [2.24, 2.45) is 0 Å². The van der Waals surface area contributed by atoms with Crippen molar-refractivity contribution >= 4 is 34.5 Å². The second kappa shape index (κ2) is 7.65. The number of halogens is 1. The minimum atomic E-state index is -0.541. The van der Waals surface area contributed by atoms with Crippen LogP contribution < -0.4 is 16.0 Å². The smallest absolute Gasteiger partial charge is 0.256 e. The number of rotatable bonds is 5. The topological polar surface area (TPSA) is 70.2 Å². The summed E-state index contributed by atoms with van der Waals surface area (Å²) in [6.07, 6.45) is 0. The molecular formula is C18H22FN3O2S. The number of benzene rings is 1. The summed E-state index contributed by atoms with van der Waals surface area (Å²) in [7, 11) is 0. The van der Waals surface area contributed by atoms with E-state index >= 15 is 0 Å². The molecule has 134 valence electrons. The largest absolute Gasteiger partial charge is 0.374 e. The van der Waals surface area contributed by atoms with Crippen LogP contribution in [0.2, 0.25) is 0 Å². The summed E-state index contributed by atoms with van der Waals surface area (Å²) in [5, 5.41) is 11.9. The molecule has 0 fully saturated rings. The van der Waals surface area contributed by atoms with Crippen LogP contribution in [0.4, 0.5) is 15.8 Å². The first-order valence-corrected chi connectivity index (χ1v) is 8.81. The van der Waals surface area contributed by atoms with E-state index in [9.17, 15) is 14.0 Å². The minimum Gasteiger partial charge on any atom is -0.374 e. The van der Waals surface area contributed by atoms with Gasteiger partial charge in [-0.2, -0.15) is 11.3 Å². The third-order valence-corrected chi connectivity index (χ3v) is 3.96. The van der Waals surface area contributed by atoms with Gasteiger partial charge in [-0.05, 0) is 57.3 Å². The molecule has 3 N–H and O–H groups in total. The number of nitrogens with one attached hydrogen (secondary N) is 3. The van der Waals surface area contributed by atoms with Gasteiger partial charge in [0.15, 0.2) is 0 Å². The van der Waals surface area contributed by atoms with Gasteiger partial charge in [-0.3, -0.25) is 9.59 Å². The minimum absolute atomic E-state index is 0.0598. The molecule has 1 aromatic heterocycles. The lowest BCUT2D eigenvalue weighted by molar-refractivity contribution is -0.122.